The van der Waals surface area contributed by atoms with Crippen LogP contribution in [0.2, 0.25) is 0 Å². The second-order valence-electron chi connectivity index (χ2n) is 4.00. The minimum atomic E-state index is -1.31. The van der Waals surface area contributed by atoms with Gasteiger partial charge in [-0.1, -0.05) is 12.1 Å². The first-order valence-electron chi connectivity index (χ1n) is 4.86. The second kappa shape index (κ2) is 4.35. The molecule has 1 aromatic carbocycles. The van der Waals surface area contributed by atoms with Crippen molar-refractivity contribution in [3.05, 3.63) is 29.8 Å². The number of carboxylic acid groups (broad SMARTS) is 1. The number of rotatable bonds is 4. The Morgan fingerprint density at radius 3 is 2.44 bits per heavy atom. The maximum Gasteiger partial charge on any atom is 0.347 e. The van der Waals surface area contributed by atoms with E-state index in [1.54, 1.807) is 18.2 Å². The summed E-state index contributed by atoms with van der Waals surface area (Å²) in [6, 6.07) is 6.47. The minimum Gasteiger partial charge on any atom is -0.478 e. The Hall–Kier alpha value is -1.84. The van der Waals surface area contributed by atoms with Gasteiger partial charge < -0.3 is 9.84 Å². The molecule has 0 aliphatic heterocycles. The fourth-order valence-electron chi connectivity index (χ4n) is 1.12. The monoisotopic (exact) mass is 222 g/mol. The van der Waals surface area contributed by atoms with Gasteiger partial charge in [-0.05, 0) is 32.9 Å². The maximum absolute atomic E-state index is 11.1. The number of carbonyl (C=O) groups is 2. The van der Waals surface area contributed by atoms with E-state index in [1.165, 1.54) is 26.8 Å². The summed E-state index contributed by atoms with van der Waals surface area (Å²) in [4.78, 5) is 22.0. The fraction of sp³-hybridized carbons (Fsp3) is 0.333. The van der Waals surface area contributed by atoms with E-state index in [4.69, 9.17) is 9.84 Å². The van der Waals surface area contributed by atoms with Crippen molar-refractivity contribution in [2.45, 2.75) is 26.4 Å². The van der Waals surface area contributed by atoms with E-state index in [1.807, 2.05) is 0 Å². The predicted octanol–water partition coefficient (Wildman–Crippen LogP) is 2.13. The molecule has 86 valence electrons. The van der Waals surface area contributed by atoms with Gasteiger partial charge in [-0.2, -0.15) is 0 Å². The van der Waals surface area contributed by atoms with Gasteiger partial charge >= 0.3 is 5.97 Å². The average molecular weight is 222 g/mol. The zero-order valence-electron chi connectivity index (χ0n) is 9.48. The molecule has 0 atom stereocenters. The van der Waals surface area contributed by atoms with Crippen LogP contribution in [0.3, 0.4) is 0 Å². The molecule has 0 saturated heterocycles. The van der Waals surface area contributed by atoms with Crippen LogP contribution in [0.15, 0.2) is 24.3 Å². The summed E-state index contributed by atoms with van der Waals surface area (Å²) in [6.45, 7) is 4.35. The third-order valence-corrected chi connectivity index (χ3v) is 2.13. The van der Waals surface area contributed by atoms with Crippen molar-refractivity contribution < 1.29 is 19.4 Å². The van der Waals surface area contributed by atoms with Gasteiger partial charge in [-0.3, -0.25) is 4.79 Å². The number of carbonyl (C=O) groups excluding carboxylic acids is 1. The zero-order chi connectivity index (χ0) is 12.3. The molecule has 0 aromatic heterocycles. The van der Waals surface area contributed by atoms with Crippen molar-refractivity contribution >= 4 is 11.8 Å². The number of ether oxygens (including phenoxy) is 1. The van der Waals surface area contributed by atoms with Crippen LogP contribution in [-0.2, 0) is 4.79 Å². The first-order valence-corrected chi connectivity index (χ1v) is 4.86. The topological polar surface area (TPSA) is 63.6 Å². The average Bonchev–Trinajstić information content (AvgIpc) is 2.17. The van der Waals surface area contributed by atoms with Crippen molar-refractivity contribution in [1.29, 1.82) is 0 Å². The molecule has 0 heterocycles. The number of hydrogen-bond donors (Lipinski definition) is 1. The molecule has 0 spiro atoms. The van der Waals surface area contributed by atoms with Crippen molar-refractivity contribution in [3.8, 4) is 5.75 Å². The maximum atomic E-state index is 11.1. The number of ketones is 1. The SMILES string of the molecule is CC(=O)c1cccc(OC(C)(C)C(=O)O)c1. The fourth-order valence-corrected chi connectivity index (χ4v) is 1.12. The molecule has 0 saturated carbocycles. The number of benzene rings is 1. The van der Waals surface area contributed by atoms with E-state index in [9.17, 15) is 9.59 Å². The molecule has 0 aliphatic carbocycles. The lowest BCUT2D eigenvalue weighted by Gasteiger charge is -2.21. The highest BCUT2D eigenvalue weighted by Crippen LogP contribution is 2.20. The van der Waals surface area contributed by atoms with E-state index >= 15 is 0 Å². The molecular weight excluding hydrogens is 208 g/mol. The van der Waals surface area contributed by atoms with Crippen molar-refractivity contribution in [1.82, 2.24) is 0 Å². The molecule has 0 amide bonds. The third-order valence-electron chi connectivity index (χ3n) is 2.13. The summed E-state index contributed by atoms with van der Waals surface area (Å²) in [5, 5.41) is 8.89. The number of hydrogen-bond acceptors (Lipinski definition) is 3. The molecular formula is C12H14O4. The highest BCUT2D eigenvalue weighted by Gasteiger charge is 2.29. The molecule has 0 radical (unpaired) electrons. The lowest BCUT2D eigenvalue weighted by molar-refractivity contribution is -0.152. The van der Waals surface area contributed by atoms with E-state index in [-0.39, 0.29) is 5.78 Å². The van der Waals surface area contributed by atoms with Crippen LogP contribution in [0, 0.1) is 0 Å². The van der Waals surface area contributed by atoms with Gasteiger partial charge in [0.2, 0.25) is 0 Å². The predicted molar refractivity (Wildman–Crippen MR) is 58.8 cm³/mol. The number of aliphatic carboxylic acids is 1. The normalized spacial score (nSPS) is 10.9. The van der Waals surface area contributed by atoms with Crippen LogP contribution in [0.25, 0.3) is 0 Å². The molecule has 1 aromatic rings. The molecule has 1 N–H and O–H groups in total. The Bertz CT molecular complexity index is 421. The van der Waals surface area contributed by atoms with Crippen molar-refractivity contribution in [2.24, 2.45) is 0 Å². The van der Waals surface area contributed by atoms with Gasteiger partial charge in [0.15, 0.2) is 11.4 Å². The highest BCUT2D eigenvalue weighted by molar-refractivity contribution is 5.94. The van der Waals surface area contributed by atoms with Crippen molar-refractivity contribution in [3.63, 3.8) is 0 Å². The van der Waals surface area contributed by atoms with Crippen LogP contribution in [0.4, 0.5) is 0 Å². The smallest absolute Gasteiger partial charge is 0.347 e. The van der Waals surface area contributed by atoms with Crippen LogP contribution >= 0.6 is 0 Å². The lowest BCUT2D eigenvalue weighted by Crippen LogP contribution is -2.37. The third kappa shape index (κ3) is 2.82. The van der Waals surface area contributed by atoms with E-state index < -0.39 is 11.6 Å². The van der Waals surface area contributed by atoms with Gasteiger partial charge in [0.25, 0.3) is 0 Å². The van der Waals surface area contributed by atoms with Gasteiger partial charge in [0.1, 0.15) is 5.75 Å². The molecule has 0 aliphatic rings. The second-order valence-corrected chi connectivity index (χ2v) is 4.00. The number of carboxylic acids is 1. The molecule has 4 heteroatoms. The van der Waals surface area contributed by atoms with Crippen LogP contribution in [0.5, 0.6) is 5.75 Å². The first kappa shape index (κ1) is 12.2. The summed E-state index contributed by atoms with van der Waals surface area (Å²) in [7, 11) is 0. The van der Waals surface area contributed by atoms with Gasteiger partial charge in [-0.25, -0.2) is 4.79 Å². The Morgan fingerprint density at radius 2 is 1.94 bits per heavy atom. The van der Waals surface area contributed by atoms with Crippen LogP contribution < -0.4 is 4.74 Å². The summed E-state index contributed by atoms with van der Waals surface area (Å²) in [5.41, 5.74) is -0.811. The Balaban J connectivity index is 2.94. The quantitative estimate of drug-likeness (QED) is 0.792. The summed E-state index contributed by atoms with van der Waals surface area (Å²) in [6.07, 6.45) is 0. The number of Topliss-reactive ketones (excluding diaryl/α,β-unsaturated/α-hetero) is 1. The minimum absolute atomic E-state index is 0.0846. The molecule has 0 fully saturated rings. The van der Waals surface area contributed by atoms with E-state index in [0.29, 0.717) is 11.3 Å². The Kier molecular flexibility index (Phi) is 3.32. The summed E-state index contributed by atoms with van der Waals surface area (Å²) in [5.74, 6) is -0.764. The molecule has 1 rings (SSSR count). The largest absolute Gasteiger partial charge is 0.478 e. The van der Waals surface area contributed by atoms with E-state index in [2.05, 4.69) is 0 Å². The molecule has 0 unspecified atom stereocenters. The van der Waals surface area contributed by atoms with Gasteiger partial charge in [0.05, 0.1) is 0 Å². The molecule has 0 bridgehead atoms. The highest BCUT2D eigenvalue weighted by atomic mass is 16.5. The Morgan fingerprint density at radius 1 is 1.31 bits per heavy atom. The van der Waals surface area contributed by atoms with Crippen LogP contribution in [-0.4, -0.2) is 22.5 Å². The van der Waals surface area contributed by atoms with E-state index in [0.717, 1.165) is 0 Å². The zero-order valence-corrected chi connectivity index (χ0v) is 9.48. The molecule has 4 nitrogen and oxygen atoms in total. The van der Waals surface area contributed by atoms with Gasteiger partial charge in [0, 0.05) is 5.56 Å². The summed E-state index contributed by atoms with van der Waals surface area (Å²) < 4.78 is 5.30. The standard InChI is InChI=1S/C12H14O4/c1-8(13)9-5-4-6-10(7-9)16-12(2,3)11(14)15/h4-7H,1-3H3,(H,14,15). The first-order chi connectivity index (χ1) is 7.33. The molecule has 16 heavy (non-hydrogen) atoms. The Labute approximate surface area is 93.9 Å². The lowest BCUT2D eigenvalue weighted by atomic mass is 10.1. The van der Waals surface area contributed by atoms with Crippen molar-refractivity contribution in [2.75, 3.05) is 0 Å². The van der Waals surface area contributed by atoms with Gasteiger partial charge in [-0.15, -0.1) is 0 Å². The van der Waals surface area contributed by atoms with Crippen LogP contribution in [0.1, 0.15) is 31.1 Å². The summed E-state index contributed by atoms with van der Waals surface area (Å²) >= 11 is 0.